The van der Waals surface area contributed by atoms with Crippen LogP contribution in [0.25, 0.3) is 16.3 Å². The van der Waals surface area contributed by atoms with Crippen LogP contribution in [0.1, 0.15) is 10.6 Å². The van der Waals surface area contributed by atoms with Gasteiger partial charge in [0.25, 0.3) is 5.69 Å². The maximum absolute atomic E-state index is 12.5. The molecule has 2 heterocycles. The lowest BCUT2D eigenvalue weighted by Gasteiger charge is -2.31. The molecule has 4 rings (SSSR count). The largest absolute Gasteiger partial charge is 0.328 e. The molecule has 148 valence electrons. The Morgan fingerprint density at radius 3 is 2.76 bits per heavy atom. The van der Waals surface area contributed by atoms with Crippen LogP contribution in [0.4, 0.5) is 5.69 Å². The van der Waals surface area contributed by atoms with E-state index < -0.39 is 4.92 Å². The van der Waals surface area contributed by atoms with E-state index in [-0.39, 0.29) is 11.6 Å². The topological polar surface area (TPSA) is 80.8 Å². The van der Waals surface area contributed by atoms with Crippen molar-refractivity contribution in [3.63, 3.8) is 0 Å². The minimum absolute atomic E-state index is 0.0201. The highest BCUT2D eigenvalue weighted by Crippen LogP contribution is 2.20. The number of carbonyl (C=O) groups excluding carboxylic acids is 1. The van der Waals surface area contributed by atoms with Crippen molar-refractivity contribution >= 4 is 39.2 Å². The van der Waals surface area contributed by atoms with E-state index in [2.05, 4.69) is 6.07 Å². The van der Waals surface area contributed by atoms with E-state index in [9.17, 15) is 14.9 Å². The number of fused-ring (bicyclic) bond motifs is 1. The molecule has 1 amide bonds. The number of quaternary nitrogens is 1. The minimum Gasteiger partial charge on any atom is -0.328 e. The van der Waals surface area contributed by atoms with Crippen LogP contribution in [0.3, 0.4) is 0 Å². The monoisotopic (exact) mass is 409 g/mol. The second-order valence-electron chi connectivity index (χ2n) is 7.01. The van der Waals surface area contributed by atoms with Crippen LogP contribution in [0.5, 0.6) is 0 Å². The molecule has 1 fully saturated rings. The van der Waals surface area contributed by atoms with Gasteiger partial charge in [-0.2, -0.15) is 0 Å². The molecule has 1 aliphatic rings. The predicted molar refractivity (Wildman–Crippen MR) is 113 cm³/mol. The first kappa shape index (κ1) is 19.2. The first-order chi connectivity index (χ1) is 14.1. The van der Waals surface area contributed by atoms with Crippen molar-refractivity contribution in [2.45, 2.75) is 6.54 Å². The van der Waals surface area contributed by atoms with Crippen LogP contribution in [0.2, 0.25) is 0 Å². The highest BCUT2D eigenvalue weighted by atomic mass is 32.1. The number of para-hydroxylation sites is 1. The Kier molecular flexibility index (Phi) is 5.64. The third kappa shape index (κ3) is 4.67. The molecule has 1 aliphatic heterocycles. The summed E-state index contributed by atoms with van der Waals surface area (Å²) >= 11 is 1.74. The van der Waals surface area contributed by atoms with Gasteiger partial charge in [-0.05, 0) is 23.8 Å². The van der Waals surface area contributed by atoms with Gasteiger partial charge in [-0.25, -0.2) is 4.98 Å². The number of aromatic nitrogens is 1. The molecule has 0 radical (unpaired) electrons. The van der Waals surface area contributed by atoms with Crippen molar-refractivity contribution in [3.05, 3.63) is 75.3 Å². The van der Waals surface area contributed by atoms with Gasteiger partial charge in [0, 0.05) is 18.2 Å². The van der Waals surface area contributed by atoms with Crippen LogP contribution < -0.4 is 4.90 Å². The molecule has 7 nitrogen and oxygen atoms in total. The van der Waals surface area contributed by atoms with Gasteiger partial charge in [0.2, 0.25) is 5.91 Å². The van der Waals surface area contributed by atoms with E-state index in [1.54, 1.807) is 29.5 Å². The molecule has 2 aromatic carbocycles. The summed E-state index contributed by atoms with van der Waals surface area (Å²) in [6.45, 7) is 4.03. The van der Waals surface area contributed by atoms with Crippen molar-refractivity contribution in [2.24, 2.45) is 0 Å². The number of thiazole rings is 1. The number of nitro benzene ring substituents is 1. The Morgan fingerprint density at radius 1 is 1.21 bits per heavy atom. The summed E-state index contributed by atoms with van der Waals surface area (Å²) in [5, 5.41) is 12.0. The van der Waals surface area contributed by atoms with Gasteiger partial charge < -0.3 is 9.80 Å². The van der Waals surface area contributed by atoms with Crippen molar-refractivity contribution in [2.75, 3.05) is 26.2 Å². The van der Waals surface area contributed by atoms with Gasteiger partial charge in [0.1, 0.15) is 11.6 Å². The summed E-state index contributed by atoms with van der Waals surface area (Å²) in [6.07, 6.45) is 3.13. The molecule has 3 aromatic rings. The van der Waals surface area contributed by atoms with E-state index in [1.165, 1.54) is 27.8 Å². The third-order valence-electron chi connectivity index (χ3n) is 5.02. The van der Waals surface area contributed by atoms with E-state index in [0.29, 0.717) is 18.7 Å². The molecule has 1 N–H and O–H groups in total. The molecule has 0 saturated carbocycles. The maximum atomic E-state index is 12.5. The van der Waals surface area contributed by atoms with E-state index in [0.717, 1.165) is 30.2 Å². The molecule has 29 heavy (non-hydrogen) atoms. The van der Waals surface area contributed by atoms with E-state index >= 15 is 0 Å². The SMILES string of the molecule is O=C(/C=C/c1cccc([N+](=O)[O-])c1)N1CC[NH+](Cc2nc3ccccc3s2)CC1. The summed E-state index contributed by atoms with van der Waals surface area (Å²) in [6, 6.07) is 14.4. The van der Waals surface area contributed by atoms with Gasteiger partial charge in [-0.1, -0.05) is 24.3 Å². The van der Waals surface area contributed by atoms with Gasteiger partial charge in [-0.15, -0.1) is 11.3 Å². The summed E-state index contributed by atoms with van der Waals surface area (Å²) in [4.78, 5) is 30.8. The molecule has 0 unspecified atom stereocenters. The fourth-order valence-electron chi connectivity index (χ4n) is 3.44. The van der Waals surface area contributed by atoms with Crippen molar-refractivity contribution < 1.29 is 14.6 Å². The Morgan fingerprint density at radius 2 is 2.00 bits per heavy atom. The minimum atomic E-state index is -0.438. The molecule has 0 atom stereocenters. The van der Waals surface area contributed by atoms with Crippen molar-refractivity contribution in [1.82, 2.24) is 9.88 Å². The van der Waals surface area contributed by atoms with E-state index in [4.69, 9.17) is 4.98 Å². The number of nitro groups is 1. The summed E-state index contributed by atoms with van der Waals surface area (Å²) in [5.41, 5.74) is 1.71. The van der Waals surface area contributed by atoms with Crippen molar-refractivity contribution in [3.8, 4) is 0 Å². The van der Waals surface area contributed by atoms with Crippen LogP contribution >= 0.6 is 11.3 Å². The number of rotatable bonds is 5. The average molecular weight is 409 g/mol. The number of benzene rings is 2. The van der Waals surface area contributed by atoms with Crippen LogP contribution in [0, 0.1) is 10.1 Å². The molecule has 8 heteroatoms. The highest BCUT2D eigenvalue weighted by Gasteiger charge is 2.23. The Labute approximate surface area is 172 Å². The number of piperazine rings is 1. The molecular weight excluding hydrogens is 388 g/mol. The zero-order valence-electron chi connectivity index (χ0n) is 15.8. The molecule has 0 bridgehead atoms. The van der Waals surface area contributed by atoms with E-state index in [1.807, 2.05) is 23.1 Å². The van der Waals surface area contributed by atoms with Gasteiger partial charge >= 0.3 is 0 Å². The second-order valence-corrected chi connectivity index (χ2v) is 8.13. The summed E-state index contributed by atoms with van der Waals surface area (Å²) < 4.78 is 1.21. The Hall–Kier alpha value is -3.10. The molecule has 1 saturated heterocycles. The number of nitrogens with zero attached hydrogens (tertiary/aromatic N) is 3. The van der Waals surface area contributed by atoms with Crippen LogP contribution in [0.15, 0.2) is 54.6 Å². The maximum Gasteiger partial charge on any atom is 0.270 e. The average Bonchev–Trinajstić information content (AvgIpc) is 3.15. The van der Waals surface area contributed by atoms with Crippen LogP contribution in [-0.2, 0) is 11.3 Å². The fraction of sp³-hybridized carbons (Fsp3) is 0.238. The number of carbonyl (C=O) groups is 1. The molecule has 0 spiro atoms. The molecule has 1 aromatic heterocycles. The van der Waals surface area contributed by atoms with Crippen molar-refractivity contribution in [1.29, 1.82) is 0 Å². The predicted octanol–water partition coefficient (Wildman–Crippen LogP) is 2.14. The number of amides is 1. The zero-order valence-corrected chi connectivity index (χ0v) is 16.6. The highest BCUT2D eigenvalue weighted by molar-refractivity contribution is 7.18. The van der Waals surface area contributed by atoms with Gasteiger partial charge in [0.05, 0.1) is 41.3 Å². The standard InChI is InChI=1S/C21H20N4O3S/c26-21(9-8-16-4-3-5-17(14-16)25(27)28)24-12-10-23(11-13-24)15-20-22-18-6-1-2-7-19(18)29-20/h1-9,14H,10-13,15H2/p+1/b9-8+. The first-order valence-corrected chi connectivity index (χ1v) is 10.3. The van der Waals surface area contributed by atoms with Gasteiger partial charge in [0.15, 0.2) is 0 Å². The second kappa shape index (κ2) is 8.50. The van der Waals surface area contributed by atoms with Crippen LogP contribution in [-0.4, -0.2) is 46.9 Å². The number of nitrogens with one attached hydrogen (secondary N) is 1. The summed E-state index contributed by atoms with van der Waals surface area (Å²) in [7, 11) is 0. The smallest absolute Gasteiger partial charge is 0.270 e. The molecular formula is C21H21N4O3S+. The lowest BCUT2D eigenvalue weighted by Crippen LogP contribution is -3.13. The zero-order chi connectivity index (χ0) is 20.2. The lowest BCUT2D eigenvalue weighted by molar-refractivity contribution is -0.917. The quantitative estimate of drug-likeness (QED) is 0.398. The lowest BCUT2D eigenvalue weighted by atomic mass is 10.2. The van der Waals surface area contributed by atoms with Gasteiger partial charge in [-0.3, -0.25) is 14.9 Å². The number of non-ortho nitro benzene ring substituents is 1. The third-order valence-corrected chi connectivity index (χ3v) is 6.06. The number of hydrogen-bond acceptors (Lipinski definition) is 5. The normalized spacial score (nSPS) is 15.2. The Bertz CT molecular complexity index is 1040. The number of hydrogen-bond donors (Lipinski definition) is 1. The summed E-state index contributed by atoms with van der Waals surface area (Å²) in [5.74, 6) is -0.0597. The first-order valence-electron chi connectivity index (χ1n) is 9.48. The molecule has 0 aliphatic carbocycles. The Balaban J connectivity index is 1.31. The fourth-order valence-corrected chi connectivity index (χ4v) is 4.48.